The van der Waals surface area contributed by atoms with Crippen molar-refractivity contribution in [3.8, 4) is 5.75 Å². The fourth-order valence-corrected chi connectivity index (χ4v) is 2.28. The lowest BCUT2D eigenvalue weighted by Gasteiger charge is -2.14. The summed E-state index contributed by atoms with van der Waals surface area (Å²) < 4.78 is 5.33. The van der Waals surface area contributed by atoms with E-state index in [9.17, 15) is 4.79 Å². The Bertz CT molecular complexity index is 617. The molecule has 0 aliphatic rings. The number of aromatic nitrogens is 1. The third kappa shape index (κ3) is 2.08. The number of rotatable bonds is 2. The zero-order chi connectivity index (χ0) is 13.3. The maximum atomic E-state index is 11.2. The molecule has 0 unspecified atom stereocenters. The predicted octanol–water partition coefficient (Wildman–Crippen LogP) is 3.34. The van der Waals surface area contributed by atoms with Crippen LogP contribution in [0.4, 0.5) is 0 Å². The number of benzene rings is 1. The lowest BCUT2D eigenvalue weighted by molar-refractivity contribution is -0.132. The Balaban J connectivity index is 2.79. The van der Waals surface area contributed by atoms with Crippen LogP contribution in [0.5, 0.6) is 5.75 Å². The van der Waals surface area contributed by atoms with E-state index >= 15 is 0 Å². The summed E-state index contributed by atoms with van der Waals surface area (Å²) in [6.07, 6.45) is 0.743. The van der Waals surface area contributed by atoms with Crippen molar-refractivity contribution in [2.45, 2.75) is 34.1 Å². The van der Waals surface area contributed by atoms with Crippen molar-refractivity contribution in [3.63, 3.8) is 0 Å². The molecule has 18 heavy (non-hydrogen) atoms. The van der Waals surface area contributed by atoms with E-state index in [1.807, 2.05) is 39.0 Å². The van der Waals surface area contributed by atoms with E-state index in [2.05, 4.69) is 4.98 Å². The molecule has 0 N–H and O–H groups in total. The number of carbonyl (C=O) groups is 1. The highest BCUT2D eigenvalue weighted by atomic mass is 16.5. The largest absolute Gasteiger partial charge is 0.424 e. The number of pyridine rings is 1. The highest BCUT2D eigenvalue weighted by molar-refractivity contribution is 5.88. The van der Waals surface area contributed by atoms with Crippen LogP contribution in [0.1, 0.15) is 30.7 Å². The van der Waals surface area contributed by atoms with E-state index in [-0.39, 0.29) is 5.97 Å². The van der Waals surface area contributed by atoms with E-state index in [4.69, 9.17) is 4.74 Å². The van der Waals surface area contributed by atoms with Crippen LogP contribution in [-0.4, -0.2) is 11.0 Å². The molecule has 0 saturated carbocycles. The number of hydrogen-bond donors (Lipinski definition) is 0. The minimum atomic E-state index is -0.303. The van der Waals surface area contributed by atoms with Gasteiger partial charge in [-0.05, 0) is 31.9 Å². The zero-order valence-electron chi connectivity index (χ0n) is 11.2. The first-order chi connectivity index (χ1) is 8.54. The molecular formula is C15H17NO2. The van der Waals surface area contributed by atoms with Crippen molar-refractivity contribution in [2.24, 2.45) is 0 Å². The zero-order valence-corrected chi connectivity index (χ0v) is 11.2. The first-order valence-corrected chi connectivity index (χ1v) is 6.11. The summed E-state index contributed by atoms with van der Waals surface area (Å²) in [6, 6.07) is 6.03. The van der Waals surface area contributed by atoms with Gasteiger partial charge >= 0.3 is 5.97 Å². The Labute approximate surface area is 107 Å². The van der Waals surface area contributed by atoms with Gasteiger partial charge in [-0.1, -0.05) is 19.1 Å². The van der Waals surface area contributed by atoms with Gasteiger partial charge in [0.2, 0.25) is 0 Å². The van der Waals surface area contributed by atoms with Gasteiger partial charge in [-0.15, -0.1) is 0 Å². The number of hydrogen-bond acceptors (Lipinski definition) is 3. The lowest BCUT2D eigenvalue weighted by atomic mass is 10.0. The fraction of sp³-hybridized carbons (Fsp3) is 0.333. The molecule has 1 aromatic carbocycles. The normalized spacial score (nSPS) is 10.7. The van der Waals surface area contributed by atoms with E-state index in [1.165, 1.54) is 6.92 Å². The fourth-order valence-electron chi connectivity index (χ4n) is 2.28. The minimum absolute atomic E-state index is 0.303. The second-order valence-corrected chi connectivity index (χ2v) is 4.43. The van der Waals surface area contributed by atoms with Gasteiger partial charge in [0.1, 0.15) is 0 Å². The SMILES string of the molecule is CCc1nc2cccc(C)c2c(C)c1OC(C)=O. The van der Waals surface area contributed by atoms with Crippen molar-refractivity contribution >= 4 is 16.9 Å². The molecule has 0 amide bonds. The van der Waals surface area contributed by atoms with Crippen LogP contribution in [0.25, 0.3) is 10.9 Å². The van der Waals surface area contributed by atoms with Gasteiger partial charge in [0.15, 0.2) is 5.75 Å². The molecule has 3 heteroatoms. The minimum Gasteiger partial charge on any atom is -0.424 e. The number of carbonyl (C=O) groups excluding carboxylic acids is 1. The molecule has 94 valence electrons. The Morgan fingerprint density at radius 3 is 2.67 bits per heavy atom. The topological polar surface area (TPSA) is 39.2 Å². The van der Waals surface area contributed by atoms with Crippen LogP contribution in [0.2, 0.25) is 0 Å². The number of aryl methyl sites for hydroxylation is 3. The molecule has 3 nitrogen and oxygen atoms in total. The summed E-state index contributed by atoms with van der Waals surface area (Å²) in [4.78, 5) is 15.8. The maximum absolute atomic E-state index is 11.2. The van der Waals surface area contributed by atoms with Gasteiger partial charge < -0.3 is 4.74 Å². The summed E-state index contributed by atoms with van der Waals surface area (Å²) in [5, 5.41) is 1.07. The maximum Gasteiger partial charge on any atom is 0.308 e. The lowest BCUT2D eigenvalue weighted by Crippen LogP contribution is -2.07. The van der Waals surface area contributed by atoms with Crippen LogP contribution in [0.15, 0.2) is 18.2 Å². The van der Waals surface area contributed by atoms with Crippen LogP contribution in [0, 0.1) is 13.8 Å². The third-order valence-corrected chi connectivity index (χ3v) is 3.06. The number of fused-ring (bicyclic) bond motifs is 1. The van der Waals surface area contributed by atoms with Crippen molar-refractivity contribution in [2.75, 3.05) is 0 Å². The summed E-state index contributed by atoms with van der Waals surface area (Å²) in [6.45, 7) is 7.45. The second-order valence-electron chi connectivity index (χ2n) is 4.43. The molecule has 2 rings (SSSR count). The summed E-state index contributed by atoms with van der Waals surface area (Å²) in [5.41, 5.74) is 3.93. The number of nitrogens with zero attached hydrogens (tertiary/aromatic N) is 1. The first-order valence-electron chi connectivity index (χ1n) is 6.11. The van der Waals surface area contributed by atoms with E-state index in [1.54, 1.807) is 0 Å². The molecule has 1 aromatic heterocycles. The Hall–Kier alpha value is -1.90. The van der Waals surface area contributed by atoms with Gasteiger partial charge in [0, 0.05) is 17.9 Å². The molecule has 0 bridgehead atoms. The van der Waals surface area contributed by atoms with Crippen LogP contribution in [0.3, 0.4) is 0 Å². The predicted molar refractivity (Wildman–Crippen MR) is 71.9 cm³/mol. The highest BCUT2D eigenvalue weighted by Gasteiger charge is 2.15. The Morgan fingerprint density at radius 1 is 1.33 bits per heavy atom. The van der Waals surface area contributed by atoms with E-state index in [0.717, 1.165) is 34.1 Å². The monoisotopic (exact) mass is 243 g/mol. The second kappa shape index (κ2) is 4.77. The average molecular weight is 243 g/mol. The van der Waals surface area contributed by atoms with Crippen LogP contribution in [-0.2, 0) is 11.2 Å². The van der Waals surface area contributed by atoms with Gasteiger partial charge in [0.05, 0.1) is 11.2 Å². The number of ether oxygens (including phenoxy) is 1. The summed E-state index contributed by atoms with van der Waals surface area (Å²) in [7, 11) is 0. The summed E-state index contributed by atoms with van der Waals surface area (Å²) in [5.74, 6) is 0.314. The molecule has 0 spiro atoms. The molecule has 0 atom stereocenters. The average Bonchev–Trinajstić information content (AvgIpc) is 2.32. The summed E-state index contributed by atoms with van der Waals surface area (Å²) >= 11 is 0. The van der Waals surface area contributed by atoms with Gasteiger partial charge in [0.25, 0.3) is 0 Å². The van der Waals surface area contributed by atoms with Crippen molar-refractivity contribution in [3.05, 3.63) is 35.0 Å². The molecule has 0 aliphatic heterocycles. The van der Waals surface area contributed by atoms with Gasteiger partial charge in [-0.2, -0.15) is 0 Å². The molecule has 0 saturated heterocycles. The molecular weight excluding hydrogens is 226 g/mol. The van der Waals surface area contributed by atoms with E-state index in [0.29, 0.717) is 5.75 Å². The standard InChI is InChI=1S/C15H17NO2/c1-5-12-15(18-11(4)17)10(3)14-9(2)7-6-8-13(14)16-12/h6-8H,5H2,1-4H3. The molecule has 0 radical (unpaired) electrons. The molecule has 1 heterocycles. The van der Waals surface area contributed by atoms with Gasteiger partial charge in [-0.25, -0.2) is 4.98 Å². The molecule has 0 fully saturated rings. The quantitative estimate of drug-likeness (QED) is 0.759. The smallest absolute Gasteiger partial charge is 0.308 e. The van der Waals surface area contributed by atoms with Crippen molar-refractivity contribution in [1.29, 1.82) is 0 Å². The first kappa shape index (κ1) is 12.6. The van der Waals surface area contributed by atoms with Crippen molar-refractivity contribution in [1.82, 2.24) is 4.98 Å². The van der Waals surface area contributed by atoms with Crippen molar-refractivity contribution < 1.29 is 9.53 Å². The van der Waals surface area contributed by atoms with Gasteiger partial charge in [-0.3, -0.25) is 4.79 Å². The van der Waals surface area contributed by atoms with E-state index < -0.39 is 0 Å². The highest BCUT2D eigenvalue weighted by Crippen LogP contribution is 2.31. The molecule has 2 aromatic rings. The van der Waals surface area contributed by atoms with Crippen LogP contribution < -0.4 is 4.74 Å². The third-order valence-electron chi connectivity index (χ3n) is 3.06. The Morgan fingerprint density at radius 2 is 2.06 bits per heavy atom. The molecule has 0 aliphatic carbocycles. The Kier molecular flexibility index (Phi) is 3.32. The number of esters is 1. The van der Waals surface area contributed by atoms with Crippen LogP contribution >= 0.6 is 0 Å².